The van der Waals surface area contributed by atoms with Crippen LogP contribution >= 0.6 is 12.2 Å². The highest BCUT2D eigenvalue weighted by Gasteiger charge is 2.10. The third-order valence-electron chi connectivity index (χ3n) is 4.31. The van der Waals surface area contributed by atoms with Gasteiger partial charge in [0.2, 0.25) is 5.91 Å². The predicted molar refractivity (Wildman–Crippen MR) is 130 cm³/mol. The van der Waals surface area contributed by atoms with Gasteiger partial charge in [0.15, 0.2) is 5.11 Å². The van der Waals surface area contributed by atoms with E-state index >= 15 is 0 Å². The molecule has 2 rings (SSSR count). The van der Waals surface area contributed by atoms with Crippen molar-refractivity contribution >= 4 is 40.5 Å². The van der Waals surface area contributed by atoms with Gasteiger partial charge in [0.25, 0.3) is 5.91 Å². The number of nitrogens with one attached hydrogen (secondary N) is 3. The summed E-state index contributed by atoms with van der Waals surface area (Å²) in [6, 6.07) is 14.2. The molecule has 2 aromatic carbocycles. The maximum atomic E-state index is 12.5. The minimum Gasteiger partial charge on any atom is -0.494 e. The zero-order valence-electron chi connectivity index (χ0n) is 18.5. The highest BCUT2D eigenvalue weighted by atomic mass is 32.1. The second-order valence-corrected chi connectivity index (χ2v) is 8.60. The summed E-state index contributed by atoms with van der Waals surface area (Å²) >= 11 is 5.25. The van der Waals surface area contributed by atoms with E-state index < -0.39 is 0 Å². The van der Waals surface area contributed by atoms with Crippen LogP contribution in [0.4, 0.5) is 11.4 Å². The summed E-state index contributed by atoms with van der Waals surface area (Å²) in [5.74, 6) is 1.18. The number of anilines is 2. The van der Waals surface area contributed by atoms with Crippen molar-refractivity contribution in [1.29, 1.82) is 0 Å². The standard InChI is InChI=1S/C24H31N3O3S/c1-16(2)12-13-30-21-7-5-6-18(15-21)23(29)27-24(31)26-20-10-8-19(9-11-20)25-22(28)14-17(3)4/h5-11,15-17H,12-14H2,1-4H3,(H,25,28)(H2,26,27,29,31). The number of amides is 2. The van der Waals surface area contributed by atoms with Gasteiger partial charge in [-0.15, -0.1) is 0 Å². The third kappa shape index (κ3) is 9.17. The lowest BCUT2D eigenvalue weighted by atomic mass is 10.1. The van der Waals surface area contributed by atoms with Crippen LogP contribution in [-0.2, 0) is 4.79 Å². The molecular formula is C24H31N3O3S. The number of benzene rings is 2. The molecule has 166 valence electrons. The van der Waals surface area contributed by atoms with E-state index in [0.717, 1.165) is 6.42 Å². The van der Waals surface area contributed by atoms with Crippen LogP contribution in [0.3, 0.4) is 0 Å². The van der Waals surface area contributed by atoms with Crippen molar-refractivity contribution in [3.05, 3.63) is 54.1 Å². The van der Waals surface area contributed by atoms with Crippen LogP contribution < -0.4 is 20.7 Å². The fourth-order valence-corrected chi connectivity index (χ4v) is 2.91. The minimum atomic E-state index is -0.315. The second kappa shape index (κ2) is 12.1. The van der Waals surface area contributed by atoms with Gasteiger partial charge in [-0.2, -0.15) is 0 Å². The van der Waals surface area contributed by atoms with E-state index in [1.165, 1.54) is 0 Å². The van der Waals surface area contributed by atoms with E-state index in [1.54, 1.807) is 42.5 Å². The smallest absolute Gasteiger partial charge is 0.257 e. The molecule has 6 nitrogen and oxygen atoms in total. The molecule has 0 saturated carbocycles. The molecule has 0 atom stereocenters. The number of hydrogen-bond acceptors (Lipinski definition) is 4. The highest BCUT2D eigenvalue weighted by molar-refractivity contribution is 7.80. The fourth-order valence-electron chi connectivity index (χ4n) is 2.70. The van der Waals surface area contributed by atoms with Gasteiger partial charge in [-0.3, -0.25) is 14.9 Å². The molecule has 3 N–H and O–H groups in total. The maximum Gasteiger partial charge on any atom is 0.257 e. The lowest BCUT2D eigenvalue weighted by Gasteiger charge is -2.12. The maximum absolute atomic E-state index is 12.5. The molecule has 2 amide bonds. The summed E-state index contributed by atoms with van der Waals surface area (Å²) in [4.78, 5) is 24.4. The molecule has 0 bridgehead atoms. The van der Waals surface area contributed by atoms with E-state index in [0.29, 0.717) is 47.6 Å². The molecule has 0 spiro atoms. The molecule has 0 aliphatic heterocycles. The SMILES string of the molecule is CC(C)CCOc1cccc(C(=O)NC(=S)Nc2ccc(NC(=O)CC(C)C)cc2)c1. The van der Waals surface area contributed by atoms with Crippen LogP contribution in [0, 0.1) is 11.8 Å². The van der Waals surface area contributed by atoms with E-state index in [9.17, 15) is 9.59 Å². The Bertz CT molecular complexity index is 895. The Hall–Kier alpha value is -2.93. The monoisotopic (exact) mass is 441 g/mol. The van der Waals surface area contributed by atoms with Crippen LogP contribution in [0.5, 0.6) is 5.75 Å². The first-order valence-corrected chi connectivity index (χ1v) is 10.9. The number of carbonyl (C=O) groups is 2. The largest absolute Gasteiger partial charge is 0.494 e. The van der Waals surface area contributed by atoms with Gasteiger partial charge in [-0.05, 0) is 72.9 Å². The Labute approximate surface area is 189 Å². The number of hydrogen-bond donors (Lipinski definition) is 3. The molecule has 0 heterocycles. The van der Waals surface area contributed by atoms with Crippen molar-refractivity contribution in [2.45, 2.75) is 40.5 Å². The molecule has 0 aromatic heterocycles. The molecule has 2 aromatic rings. The van der Waals surface area contributed by atoms with Crippen molar-refractivity contribution in [1.82, 2.24) is 5.32 Å². The van der Waals surface area contributed by atoms with Gasteiger partial charge in [-0.1, -0.05) is 33.8 Å². The van der Waals surface area contributed by atoms with Gasteiger partial charge in [0.05, 0.1) is 6.61 Å². The van der Waals surface area contributed by atoms with Crippen molar-refractivity contribution < 1.29 is 14.3 Å². The van der Waals surface area contributed by atoms with Crippen molar-refractivity contribution in [2.24, 2.45) is 11.8 Å². The quantitative estimate of drug-likeness (QED) is 0.465. The summed E-state index contributed by atoms with van der Waals surface area (Å²) in [7, 11) is 0. The first-order chi connectivity index (χ1) is 14.7. The number of rotatable bonds is 9. The summed E-state index contributed by atoms with van der Waals surface area (Å²) in [5.41, 5.74) is 1.88. The summed E-state index contributed by atoms with van der Waals surface area (Å²) in [6.45, 7) is 8.88. The average molecular weight is 442 g/mol. The predicted octanol–water partition coefficient (Wildman–Crippen LogP) is 5.22. The molecule has 0 fully saturated rings. The van der Waals surface area contributed by atoms with E-state index in [2.05, 4.69) is 29.8 Å². The molecule has 31 heavy (non-hydrogen) atoms. The Morgan fingerprint density at radius 1 is 0.935 bits per heavy atom. The molecule has 0 aliphatic rings. The van der Waals surface area contributed by atoms with E-state index in [1.807, 2.05) is 19.9 Å². The van der Waals surface area contributed by atoms with Crippen LogP contribution in [0.1, 0.15) is 50.9 Å². The molecule has 0 radical (unpaired) electrons. The lowest BCUT2D eigenvalue weighted by molar-refractivity contribution is -0.116. The summed E-state index contributed by atoms with van der Waals surface area (Å²) < 4.78 is 5.71. The zero-order valence-corrected chi connectivity index (χ0v) is 19.3. The molecule has 0 saturated heterocycles. The Balaban J connectivity index is 1.86. The van der Waals surface area contributed by atoms with Gasteiger partial charge in [-0.25, -0.2) is 0 Å². The fraction of sp³-hybridized carbons (Fsp3) is 0.375. The second-order valence-electron chi connectivity index (χ2n) is 8.19. The average Bonchev–Trinajstić information content (AvgIpc) is 2.68. The van der Waals surface area contributed by atoms with Gasteiger partial charge >= 0.3 is 0 Å². The molecule has 0 unspecified atom stereocenters. The van der Waals surface area contributed by atoms with E-state index in [-0.39, 0.29) is 16.9 Å². The first-order valence-electron chi connectivity index (χ1n) is 10.5. The molecular weight excluding hydrogens is 410 g/mol. The topological polar surface area (TPSA) is 79.5 Å². The Morgan fingerprint density at radius 3 is 2.19 bits per heavy atom. The first kappa shape index (κ1) is 24.3. The number of carbonyl (C=O) groups excluding carboxylic acids is 2. The van der Waals surface area contributed by atoms with Gasteiger partial charge in [0, 0.05) is 23.4 Å². The molecule has 0 aliphatic carbocycles. The van der Waals surface area contributed by atoms with Crippen LogP contribution in [-0.4, -0.2) is 23.5 Å². The summed E-state index contributed by atoms with van der Waals surface area (Å²) in [5, 5.41) is 8.68. The Kier molecular flexibility index (Phi) is 9.46. The van der Waals surface area contributed by atoms with Crippen molar-refractivity contribution in [3.63, 3.8) is 0 Å². The highest BCUT2D eigenvalue weighted by Crippen LogP contribution is 2.16. The van der Waals surface area contributed by atoms with Crippen LogP contribution in [0.2, 0.25) is 0 Å². The van der Waals surface area contributed by atoms with Crippen molar-refractivity contribution in [3.8, 4) is 5.75 Å². The molecule has 7 heteroatoms. The van der Waals surface area contributed by atoms with Crippen molar-refractivity contribution in [2.75, 3.05) is 17.2 Å². The van der Waals surface area contributed by atoms with E-state index in [4.69, 9.17) is 17.0 Å². The normalized spacial score (nSPS) is 10.6. The van der Waals surface area contributed by atoms with Crippen LogP contribution in [0.25, 0.3) is 0 Å². The number of thiocarbonyl (C=S) groups is 1. The summed E-state index contributed by atoms with van der Waals surface area (Å²) in [6.07, 6.45) is 1.42. The zero-order chi connectivity index (χ0) is 22.8. The van der Waals surface area contributed by atoms with Gasteiger partial charge in [0.1, 0.15) is 5.75 Å². The third-order valence-corrected chi connectivity index (χ3v) is 4.51. The Morgan fingerprint density at radius 2 is 1.58 bits per heavy atom. The van der Waals surface area contributed by atoms with Crippen LogP contribution in [0.15, 0.2) is 48.5 Å². The number of ether oxygens (including phenoxy) is 1. The lowest BCUT2D eigenvalue weighted by Crippen LogP contribution is -2.34. The van der Waals surface area contributed by atoms with Gasteiger partial charge < -0.3 is 15.4 Å². The minimum absolute atomic E-state index is 0.0195.